The van der Waals surface area contributed by atoms with Gasteiger partial charge in [0.25, 0.3) is 10.0 Å². The number of rotatable bonds is 5. The SMILES string of the molecule is Cn1nnc(Br)c1S(=O)(=O)NCCc1ccc(Br)s1. The van der Waals surface area contributed by atoms with Crippen LogP contribution in [0.5, 0.6) is 0 Å². The molecule has 2 aromatic heterocycles. The van der Waals surface area contributed by atoms with E-state index in [-0.39, 0.29) is 9.63 Å². The molecule has 0 atom stereocenters. The minimum Gasteiger partial charge on any atom is -0.235 e. The number of aromatic nitrogens is 3. The minimum absolute atomic E-state index is 0.0276. The summed E-state index contributed by atoms with van der Waals surface area (Å²) in [5.74, 6) is 0. The Kier molecular flexibility index (Phi) is 4.77. The van der Waals surface area contributed by atoms with Crippen LogP contribution in [0.3, 0.4) is 0 Å². The third kappa shape index (κ3) is 3.63. The maximum Gasteiger partial charge on any atom is 0.260 e. The monoisotopic (exact) mass is 428 g/mol. The number of hydrogen-bond donors (Lipinski definition) is 1. The lowest BCUT2D eigenvalue weighted by Gasteiger charge is -2.05. The number of aryl methyl sites for hydroxylation is 1. The van der Waals surface area contributed by atoms with Crippen molar-refractivity contribution in [2.45, 2.75) is 11.4 Å². The number of halogens is 2. The lowest BCUT2D eigenvalue weighted by atomic mass is 10.3. The van der Waals surface area contributed by atoms with Crippen LogP contribution in [0, 0.1) is 0 Å². The van der Waals surface area contributed by atoms with E-state index >= 15 is 0 Å². The van der Waals surface area contributed by atoms with Crippen molar-refractivity contribution in [3.63, 3.8) is 0 Å². The summed E-state index contributed by atoms with van der Waals surface area (Å²) in [6.45, 7) is 0.326. The van der Waals surface area contributed by atoms with Crippen LogP contribution < -0.4 is 4.72 Å². The molecular weight excluding hydrogens is 420 g/mol. The first kappa shape index (κ1) is 15.1. The van der Waals surface area contributed by atoms with Crippen LogP contribution in [-0.4, -0.2) is 30.0 Å². The highest BCUT2D eigenvalue weighted by Crippen LogP contribution is 2.22. The molecule has 0 amide bonds. The van der Waals surface area contributed by atoms with Crippen molar-refractivity contribution >= 4 is 53.2 Å². The number of sulfonamides is 1. The van der Waals surface area contributed by atoms with E-state index in [1.807, 2.05) is 12.1 Å². The van der Waals surface area contributed by atoms with Gasteiger partial charge in [0.1, 0.15) is 0 Å². The largest absolute Gasteiger partial charge is 0.260 e. The average molecular weight is 430 g/mol. The standard InChI is InChI=1S/C9H10Br2N4O2S2/c1-15-9(8(11)13-14-15)19(16,17)12-5-4-6-2-3-7(10)18-6/h2-3,12H,4-5H2,1H3. The number of hydrogen-bond acceptors (Lipinski definition) is 5. The van der Waals surface area contributed by atoms with Crippen molar-refractivity contribution in [2.75, 3.05) is 6.54 Å². The van der Waals surface area contributed by atoms with Crippen molar-refractivity contribution in [3.8, 4) is 0 Å². The Balaban J connectivity index is 2.03. The van der Waals surface area contributed by atoms with E-state index in [9.17, 15) is 8.42 Å². The molecule has 6 nitrogen and oxygen atoms in total. The molecule has 0 spiro atoms. The van der Waals surface area contributed by atoms with E-state index in [1.165, 1.54) is 11.7 Å². The van der Waals surface area contributed by atoms with Crippen molar-refractivity contribution in [2.24, 2.45) is 7.05 Å². The predicted molar refractivity (Wildman–Crippen MR) is 79.6 cm³/mol. The molecule has 0 aliphatic rings. The molecule has 0 saturated carbocycles. The van der Waals surface area contributed by atoms with Gasteiger partial charge in [0, 0.05) is 18.5 Å². The molecule has 2 aromatic rings. The zero-order valence-corrected chi connectivity index (χ0v) is 14.6. The zero-order chi connectivity index (χ0) is 14.0. The average Bonchev–Trinajstić information content (AvgIpc) is 2.86. The second-order valence-corrected chi connectivity index (χ2v) is 8.64. The van der Waals surface area contributed by atoms with Crippen molar-refractivity contribution in [3.05, 3.63) is 25.4 Å². The van der Waals surface area contributed by atoms with E-state index in [2.05, 4.69) is 46.9 Å². The fourth-order valence-corrected chi connectivity index (χ4v) is 5.08. The molecule has 1 N–H and O–H groups in total. The Bertz CT molecular complexity index is 661. The van der Waals surface area contributed by atoms with Gasteiger partial charge in [0.2, 0.25) is 5.03 Å². The highest BCUT2D eigenvalue weighted by Gasteiger charge is 2.23. The van der Waals surface area contributed by atoms with Gasteiger partial charge in [-0.3, -0.25) is 0 Å². The zero-order valence-electron chi connectivity index (χ0n) is 9.80. The van der Waals surface area contributed by atoms with Gasteiger partial charge in [-0.25, -0.2) is 17.8 Å². The first-order valence-electron chi connectivity index (χ1n) is 5.19. The summed E-state index contributed by atoms with van der Waals surface area (Å²) in [7, 11) is -2.08. The molecule has 104 valence electrons. The molecular formula is C9H10Br2N4O2S2. The number of thiophene rings is 1. The summed E-state index contributed by atoms with van der Waals surface area (Å²) in [5.41, 5.74) is 0. The van der Waals surface area contributed by atoms with E-state index in [0.717, 1.165) is 8.66 Å². The van der Waals surface area contributed by atoms with Gasteiger partial charge in [-0.05, 0) is 50.4 Å². The number of nitrogens with one attached hydrogen (secondary N) is 1. The lowest BCUT2D eigenvalue weighted by molar-refractivity contribution is 0.560. The Morgan fingerprint density at radius 3 is 2.68 bits per heavy atom. The highest BCUT2D eigenvalue weighted by molar-refractivity contribution is 9.11. The topological polar surface area (TPSA) is 76.9 Å². The molecule has 2 heterocycles. The van der Waals surface area contributed by atoms with E-state index in [0.29, 0.717) is 13.0 Å². The molecule has 10 heteroatoms. The first-order valence-corrected chi connectivity index (χ1v) is 9.08. The molecule has 0 aliphatic heterocycles. The smallest absolute Gasteiger partial charge is 0.235 e. The third-order valence-electron chi connectivity index (χ3n) is 2.28. The van der Waals surface area contributed by atoms with Gasteiger partial charge in [0.15, 0.2) is 4.60 Å². The van der Waals surface area contributed by atoms with Gasteiger partial charge in [-0.2, -0.15) is 0 Å². The van der Waals surface area contributed by atoms with Gasteiger partial charge in [0.05, 0.1) is 3.79 Å². The summed E-state index contributed by atoms with van der Waals surface area (Å²) in [6, 6.07) is 3.90. The van der Waals surface area contributed by atoms with Crippen LogP contribution in [0.15, 0.2) is 25.5 Å². The minimum atomic E-state index is -3.61. The third-order valence-corrected chi connectivity index (χ3v) is 6.31. The van der Waals surface area contributed by atoms with E-state index in [1.54, 1.807) is 11.3 Å². The van der Waals surface area contributed by atoms with Crippen LogP contribution in [0.2, 0.25) is 0 Å². The summed E-state index contributed by atoms with van der Waals surface area (Å²) < 4.78 is 29.2. The summed E-state index contributed by atoms with van der Waals surface area (Å²) >= 11 is 8.03. The van der Waals surface area contributed by atoms with Crippen LogP contribution in [-0.2, 0) is 23.5 Å². The first-order chi connectivity index (χ1) is 8.90. The van der Waals surface area contributed by atoms with Crippen LogP contribution >= 0.6 is 43.2 Å². The molecule has 0 bridgehead atoms. The maximum absolute atomic E-state index is 12.1. The molecule has 19 heavy (non-hydrogen) atoms. The Morgan fingerprint density at radius 1 is 1.42 bits per heavy atom. The highest BCUT2D eigenvalue weighted by atomic mass is 79.9. The van der Waals surface area contributed by atoms with E-state index in [4.69, 9.17) is 0 Å². The Labute approximate surface area is 131 Å². The summed E-state index contributed by atoms with van der Waals surface area (Å²) in [5, 5.41) is 7.33. The van der Waals surface area contributed by atoms with Gasteiger partial charge >= 0.3 is 0 Å². The molecule has 2 rings (SSSR count). The van der Waals surface area contributed by atoms with Crippen molar-refractivity contribution in [1.82, 2.24) is 19.7 Å². The fourth-order valence-electron chi connectivity index (χ4n) is 1.47. The van der Waals surface area contributed by atoms with Gasteiger partial charge < -0.3 is 0 Å². The molecule has 0 radical (unpaired) electrons. The van der Waals surface area contributed by atoms with Gasteiger partial charge in [-0.15, -0.1) is 16.4 Å². The fraction of sp³-hybridized carbons (Fsp3) is 0.333. The van der Waals surface area contributed by atoms with Crippen LogP contribution in [0.4, 0.5) is 0 Å². The van der Waals surface area contributed by atoms with Crippen molar-refractivity contribution in [1.29, 1.82) is 0 Å². The second kappa shape index (κ2) is 6.00. The quantitative estimate of drug-likeness (QED) is 0.787. The van der Waals surface area contributed by atoms with Gasteiger partial charge in [-0.1, -0.05) is 5.21 Å². The predicted octanol–water partition coefficient (Wildman–Crippen LogP) is 1.92. The molecule has 0 aliphatic carbocycles. The summed E-state index contributed by atoms with van der Waals surface area (Å²) in [6.07, 6.45) is 0.637. The van der Waals surface area contributed by atoms with E-state index < -0.39 is 10.0 Å². The summed E-state index contributed by atoms with van der Waals surface area (Å²) in [4.78, 5) is 1.11. The molecule has 0 aromatic carbocycles. The molecule has 0 fully saturated rings. The normalized spacial score (nSPS) is 11.9. The van der Waals surface area contributed by atoms with Crippen LogP contribution in [0.25, 0.3) is 0 Å². The number of nitrogens with zero attached hydrogens (tertiary/aromatic N) is 3. The van der Waals surface area contributed by atoms with Crippen LogP contribution in [0.1, 0.15) is 4.88 Å². The second-order valence-electron chi connectivity index (χ2n) is 3.66. The molecule has 0 saturated heterocycles. The maximum atomic E-state index is 12.1. The Hall–Kier alpha value is -0.290. The Morgan fingerprint density at radius 2 is 2.16 bits per heavy atom. The van der Waals surface area contributed by atoms with Crippen molar-refractivity contribution < 1.29 is 8.42 Å². The molecule has 0 unspecified atom stereocenters. The lowest BCUT2D eigenvalue weighted by Crippen LogP contribution is -2.28.